The van der Waals surface area contributed by atoms with Gasteiger partial charge in [0, 0.05) is 23.4 Å². The number of hydrogen-bond donors (Lipinski definition) is 3. The molecule has 0 aliphatic rings. The second-order valence-corrected chi connectivity index (χ2v) is 6.66. The summed E-state index contributed by atoms with van der Waals surface area (Å²) < 4.78 is 1.09. The average molecular weight is 354 g/mol. The van der Waals surface area contributed by atoms with Crippen LogP contribution in [0.1, 0.15) is 25.6 Å². The van der Waals surface area contributed by atoms with Gasteiger partial charge in [0.25, 0.3) is 11.8 Å². The maximum Gasteiger partial charge on any atom is 0.261 e. The van der Waals surface area contributed by atoms with Crippen molar-refractivity contribution in [3.63, 3.8) is 0 Å². The van der Waals surface area contributed by atoms with Crippen LogP contribution in [0, 0.1) is 6.92 Å². The van der Waals surface area contributed by atoms with Crippen LogP contribution in [0.5, 0.6) is 5.75 Å². The Kier molecular flexibility index (Phi) is 5.00. The molecule has 0 radical (unpaired) electrons. The molecular formula is C19H18N2O3S. The lowest BCUT2D eigenvalue weighted by molar-refractivity contribution is 0.0929. The first kappa shape index (κ1) is 17.0. The highest BCUT2D eigenvalue weighted by Gasteiger charge is 2.14. The number of rotatable bonds is 5. The zero-order chi connectivity index (χ0) is 17.8. The molecule has 0 bridgehead atoms. The maximum absolute atomic E-state index is 12.3. The number of hydrogen-bond acceptors (Lipinski definition) is 4. The van der Waals surface area contributed by atoms with Gasteiger partial charge in [-0.25, -0.2) is 0 Å². The molecule has 1 aromatic heterocycles. The molecule has 0 saturated carbocycles. The molecule has 0 unspecified atom stereocenters. The molecule has 5 nitrogen and oxygen atoms in total. The largest absolute Gasteiger partial charge is 0.508 e. The zero-order valence-electron chi connectivity index (χ0n) is 13.7. The summed E-state index contributed by atoms with van der Waals surface area (Å²) in [5, 5.41) is 15.9. The van der Waals surface area contributed by atoms with Gasteiger partial charge < -0.3 is 15.7 Å². The molecule has 3 aromatic rings. The summed E-state index contributed by atoms with van der Waals surface area (Å²) in [5.74, 6) is -0.257. The number of nitrogens with one attached hydrogen (secondary N) is 2. The maximum atomic E-state index is 12.3. The van der Waals surface area contributed by atoms with Gasteiger partial charge in [0.05, 0.1) is 4.88 Å². The van der Waals surface area contributed by atoms with Crippen molar-refractivity contribution < 1.29 is 14.7 Å². The van der Waals surface area contributed by atoms with Crippen molar-refractivity contribution in [1.82, 2.24) is 10.6 Å². The number of fused-ring (bicyclic) bond motifs is 1. The summed E-state index contributed by atoms with van der Waals surface area (Å²) in [5.41, 5.74) is 1.44. The topological polar surface area (TPSA) is 78.4 Å². The van der Waals surface area contributed by atoms with Gasteiger partial charge in [-0.05, 0) is 48.2 Å². The molecule has 3 rings (SSSR count). The molecule has 0 spiro atoms. The Morgan fingerprint density at radius 2 is 1.60 bits per heavy atom. The van der Waals surface area contributed by atoms with E-state index in [4.69, 9.17) is 0 Å². The number of carbonyl (C=O) groups excluding carboxylic acids is 2. The van der Waals surface area contributed by atoms with Gasteiger partial charge in [-0.3, -0.25) is 9.59 Å². The van der Waals surface area contributed by atoms with Crippen LogP contribution in [-0.4, -0.2) is 30.0 Å². The van der Waals surface area contributed by atoms with Crippen molar-refractivity contribution in [2.45, 2.75) is 6.92 Å². The van der Waals surface area contributed by atoms with E-state index in [0.717, 1.165) is 15.6 Å². The van der Waals surface area contributed by atoms with Crippen LogP contribution in [0.3, 0.4) is 0 Å². The van der Waals surface area contributed by atoms with Gasteiger partial charge in [0.15, 0.2) is 0 Å². The summed E-state index contributed by atoms with van der Waals surface area (Å²) in [6.45, 7) is 2.62. The molecule has 0 atom stereocenters. The van der Waals surface area contributed by atoms with Crippen molar-refractivity contribution in [2.75, 3.05) is 13.1 Å². The van der Waals surface area contributed by atoms with Crippen molar-refractivity contribution in [3.8, 4) is 5.75 Å². The Hall–Kier alpha value is -2.86. The number of carbonyl (C=O) groups is 2. The van der Waals surface area contributed by atoms with E-state index >= 15 is 0 Å². The van der Waals surface area contributed by atoms with E-state index in [2.05, 4.69) is 10.6 Å². The molecule has 0 fully saturated rings. The monoisotopic (exact) mass is 354 g/mol. The summed E-state index contributed by atoms with van der Waals surface area (Å²) in [6.07, 6.45) is 0. The van der Waals surface area contributed by atoms with Gasteiger partial charge in [-0.2, -0.15) is 0 Å². The minimum atomic E-state index is -0.243. The summed E-state index contributed by atoms with van der Waals surface area (Å²) >= 11 is 1.47. The number of thiophene rings is 1. The van der Waals surface area contributed by atoms with Crippen LogP contribution < -0.4 is 10.6 Å². The highest BCUT2D eigenvalue weighted by atomic mass is 32.1. The van der Waals surface area contributed by atoms with E-state index in [1.54, 1.807) is 12.1 Å². The first-order chi connectivity index (χ1) is 12.1. The minimum Gasteiger partial charge on any atom is -0.508 e. The molecule has 6 heteroatoms. The third kappa shape index (κ3) is 3.80. The van der Waals surface area contributed by atoms with Crippen LogP contribution >= 0.6 is 11.3 Å². The molecular weight excluding hydrogens is 336 g/mol. The number of benzene rings is 2. The standard InChI is InChI=1S/C19H18N2O3S/c1-12-15-4-2-3-5-16(15)25-17(12)19(24)21-11-10-20-18(23)13-6-8-14(22)9-7-13/h2-9,22H,10-11H2,1H3,(H,20,23)(H,21,24). The highest BCUT2D eigenvalue weighted by Crippen LogP contribution is 2.30. The fraction of sp³-hybridized carbons (Fsp3) is 0.158. The van der Waals surface area contributed by atoms with Gasteiger partial charge in [0.2, 0.25) is 0 Å². The molecule has 0 aliphatic heterocycles. The number of phenolic OH excluding ortho intramolecular Hbond substituents is 1. The smallest absolute Gasteiger partial charge is 0.261 e. The number of amides is 2. The lowest BCUT2D eigenvalue weighted by Gasteiger charge is -2.07. The van der Waals surface area contributed by atoms with E-state index in [1.807, 2.05) is 31.2 Å². The third-order valence-electron chi connectivity index (χ3n) is 3.88. The molecule has 1 heterocycles. The van der Waals surface area contributed by atoms with Gasteiger partial charge >= 0.3 is 0 Å². The number of phenols is 1. The second-order valence-electron chi connectivity index (χ2n) is 5.61. The Morgan fingerprint density at radius 1 is 0.960 bits per heavy atom. The lowest BCUT2D eigenvalue weighted by atomic mass is 10.1. The predicted octanol–water partition coefficient (Wildman–Crippen LogP) is 3.08. The van der Waals surface area contributed by atoms with Crippen LogP contribution in [-0.2, 0) is 0 Å². The highest BCUT2D eigenvalue weighted by molar-refractivity contribution is 7.21. The Bertz CT molecular complexity index is 916. The zero-order valence-corrected chi connectivity index (χ0v) is 14.5. The SMILES string of the molecule is Cc1c(C(=O)NCCNC(=O)c2ccc(O)cc2)sc2ccccc12. The molecule has 2 aromatic carbocycles. The van der Waals surface area contributed by atoms with Crippen LogP contribution in [0.2, 0.25) is 0 Å². The summed E-state index contributed by atoms with van der Waals surface area (Å²) in [7, 11) is 0. The van der Waals surface area contributed by atoms with E-state index in [-0.39, 0.29) is 17.6 Å². The normalized spacial score (nSPS) is 10.6. The molecule has 25 heavy (non-hydrogen) atoms. The molecule has 2 amide bonds. The number of aryl methyl sites for hydroxylation is 1. The van der Waals surface area contributed by atoms with Crippen LogP contribution in [0.15, 0.2) is 48.5 Å². The molecule has 0 saturated heterocycles. The molecule has 3 N–H and O–H groups in total. The number of aromatic hydroxyl groups is 1. The average Bonchev–Trinajstić information content (AvgIpc) is 2.96. The van der Waals surface area contributed by atoms with E-state index < -0.39 is 0 Å². The van der Waals surface area contributed by atoms with Crippen molar-refractivity contribution in [1.29, 1.82) is 0 Å². The quantitative estimate of drug-likeness (QED) is 0.616. The molecule has 128 valence electrons. The third-order valence-corrected chi connectivity index (χ3v) is 5.15. The van der Waals surface area contributed by atoms with Crippen molar-refractivity contribution in [2.24, 2.45) is 0 Å². The lowest BCUT2D eigenvalue weighted by Crippen LogP contribution is -2.34. The van der Waals surface area contributed by atoms with E-state index in [1.165, 1.54) is 23.5 Å². The van der Waals surface area contributed by atoms with E-state index in [0.29, 0.717) is 23.5 Å². The Balaban J connectivity index is 1.53. The Morgan fingerprint density at radius 3 is 2.28 bits per heavy atom. The summed E-state index contributed by atoms with van der Waals surface area (Å²) in [4.78, 5) is 25.0. The second kappa shape index (κ2) is 7.36. The predicted molar refractivity (Wildman–Crippen MR) is 99.3 cm³/mol. The van der Waals surface area contributed by atoms with Gasteiger partial charge in [-0.1, -0.05) is 18.2 Å². The van der Waals surface area contributed by atoms with Crippen LogP contribution in [0.25, 0.3) is 10.1 Å². The minimum absolute atomic E-state index is 0.113. The van der Waals surface area contributed by atoms with Gasteiger partial charge in [0.1, 0.15) is 5.75 Å². The molecule has 0 aliphatic carbocycles. The fourth-order valence-electron chi connectivity index (χ4n) is 2.54. The first-order valence-corrected chi connectivity index (χ1v) is 8.71. The van der Waals surface area contributed by atoms with Gasteiger partial charge in [-0.15, -0.1) is 11.3 Å². The fourth-order valence-corrected chi connectivity index (χ4v) is 3.66. The summed E-state index contributed by atoms with van der Waals surface area (Å²) in [6, 6.07) is 13.9. The van der Waals surface area contributed by atoms with E-state index in [9.17, 15) is 14.7 Å². The first-order valence-electron chi connectivity index (χ1n) is 7.90. The van der Waals surface area contributed by atoms with Crippen molar-refractivity contribution in [3.05, 3.63) is 64.5 Å². The van der Waals surface area contributed by atoms with Crippen molar-refractivity contribution >= 4 is 33.2 Å². The van der Waals surface area contributed by atoms with Crippen LogP contribution in [0.4, 0.5) is 0 Å². The Labute approximate surface area is 149 Å².